The van der Waals surface area contributed by atoms with Gasteiger partial charge in [0.2, 0.25) is 0 Å². The molecule has 0 amide bonds. The Labute approximate surface area is 79.6 Å². The summed E-state index contributed by atoms with van der Waals surface area (Å²) >= 11 is 0. The van der Waals surface area contributed by atoms with E-state index in [-0.39, 0.29) is 12.4 Å². The van der Waals surface area contributed by atoms with Crippen molar-refractivity contribution >= 4 is 0 Å². The summed E-state index contributed by atoms with van der Waals surface area (Å²) in [6, 6.07) is 4.42. The predicted octanol–water partition coefficient (Wildman–Crippen LogP) is 0.899. The van der Waals surface area contributed by atoms with Crippen LogP contribution in [0.3, 0.4) is 0 Å². The molecule has 0 aliphatic rings. The summed E-state index contributed by atoms with van der Waals surface area (Å²) in [5.41, 5.74) is 0.482. The number of halogens is 1. The summed E-state index contributed by atoms with van der Waals surface area (Å²) in [5.74, 6) is -0.313. The summed E-state index contributed by atoms with van der Waals surface area (Å²) in [6.07, 6.45) is 3.04. The molecule has 0 aromatic carbocycles. The topological polar surface area (TPSA) is 50.9 Å². The van der Waals surface area contributed by atoms with E-state index in [9.17, 15) is 4.39 Å². The van der Waals surface area contributed by atoms with Gasteiger partial charge in [-0.15, -0.1) is 0 Å². The first-order chi connectivity index (χ1) is 6.81. The van der Waals surface area contributed by atoms with E-state index in [2.05, 4.69) is 10.1 Å². The Kier molecular flexibility index (Phi) is 2.24. The van der Waals surface area contributed by atoms with Crippen molar-refractivity contribution in [2.45, 2.75) is 6.61 Å². The van der Waals surface area contributed by atoms with Gasteiger partial charge in [-0.25, -0.2) is 14.1 Å². The van der Waals surface area contributed by atoms with Crippen molar-refractivity contribution in [1.29, 1.82) is 0 Å². The van der Waals surface area contributed by atoms with E-state index in [0.717, 1.165) is 0 Å². The van der Waals surface area contributed by atoms with E-state index in [4.69, 9.17) is 5.11 Å². The summed E-state index contributed by atoms with van der Waals surface area (Å²) in [4.78, 5) is 3.84. The van der Waals surface area contributed by atoms with Gasteiger partial charge in [0.05, 0.1) is 12.3 Å². The van der Waals surface area contributed by atoms with E-state index < -0.39 is 5.82 Å². The highest BCUT2D eigenvalue weighted by Crippen LogP contribution is 2.08. The zero-order valence-corrected chi connectivity index (χ0v) is 7.26. The Morgan fingerprint density at radius 3 is 2.93 bits per heavy atom. The first kappa shape index (κ1) is 8.83. The van der Waals surface area contributed by atoms with Crippen LogP contribution in [-0.2, 0) is 6.61 Å². The molecule has 5 heteroatoms. The van der Waals surface area contributed by atoms with Gasteiger partial charge in [-0.1, -0.05) is 0 Å². The first-order valence-corrected chi connectivity index (χ1v) is 4.07. The molecule has 0 fully saturated rings. The lowest BCUT2D eigenvalue weighted by Crippen LogP contribution is -2.01. The predicted molar refractivity (Wildman–Crippen MR) is 47.2 cm³/mol. The molecule has 2 rings (SSSR count). The average molecular weight is 193 g/mol. The van der Waals surface area contributed by atoms with Crippen LogP contribution in [-0.4, -0.2) is 19.9 Å². The Morgan fingerprint density at radius 1 is 1.43 bits per heavy atom. The van der Waals surface area contributed by atoms with Crippen LogP contribution in [0, 0.1) is 5.82 Å². The molecular formula is C9H8FN3O. The third-order valence-electron chi connectivity index (χ3n) is 1.76. The molecule has 0 saturated carbocycles. The second-order valence-electron chi connectivity index (χ2n) is 2.72. The maximum absolute atomic E-state index is 13.2. The Hall–Kier alpha value is -1.75. The molecule has 2 aromatic rings. The van der Waals surface area contributed by atoms with Crippen molar-refractivity contribution in [3.05, 3.63) is 42.1 Å². The van der Waals surface area contributed by atoms with E-state index in [1.807, 2.05) is 0 Å². The zero-order valence-electron chi connectivity index (χ0n) is 7.26. The largest absolute Gasteiger partial charge is 0.390 e. The number of aromatic nitrogens is 3. The molecule has 1 N–H and O–H groups in total. The normalized spacial score (nSPS) is 10.4. The number of hydrogen-bond acceptors (Lipinski definition) is 3. The molecule has 4 nitrogen and oxygen atoms in total. The third kappa shape index (κ3) is 1.49. The zero-order chi connectivity index (χ0) is 9.97. The van der Waals surface area contributed by atoms with Crippen LogP contribution in [0.25, 0.3) is 5.82 Å². The van der Waals surface area contributed by atoms with Crippen molar-refractivity contribution in [2.24, 2.45) is 0 Å². The summed E-state index contributed by atoms with van der Waals surface area (Å²) in [6.45, 7) is -0.165. The summed E-state index contributed by atoms with van der Waals surface area (Å²) in [5, 5.41) is 12.7. The lowest BCUT2D eigenvalue weighted by molar-refractivity contribution is 0.276. The molecule has 0 aliphatic heterocycles. The SMILES string of the molecule is OCc1ccn(-c2ncccc2F)n1. The fraction of sp³-hybridized carbons (Fsp3) is 0.111. The fourth-order valence-electron chi connectivity index (χ4n) is 1.11. The van der Waals surface area contributed by atoms with Gasteiger partial charge in [0.15, 0.2) is 11.6 Å². The standard InChI is InChI=1S/C9H8FN3O/c10-8-2-1-4-11-9(8)13-5-3-7(6-14)12-13/h1-5,14H,6H2. The molecule has 2 heterocycles. The van der Waals surface area contributed by atoms with Crippen molar-refractivity contribution in [3.63, 3.8) is 0 Å². The number of nitrogens with zero attached hydrogens (tertiary/aromatic N) is 3. The van der Waals surface area contributed by atoms with Crippen molar-refractivity contribution in [1.82, 2.24) is 14.8 Å². The highest BCUT2D eigenvalue weighted by molar-refractivity contribution is 5.23. The molecule has 0 spiro atoms. The van der Waals surface area contributed by atoms with Crippen molar-refractivity contribution in [2.75, 3.05) is 0 Å². The Bertz CT molecular complexity index is 441. The van der Waals surface area contributed by atoms with Crippen LogP contribution < -0.4 is 0 Å². The van der Waals surface area contributed by atoms with E-state index in [1.54, 1.807) is 12.3 Å². The number of aliphatic hydroxyl groups excluding tert-OH is 1. The second-order valence-corrected chi connectivity index (χ2v) is 2.72. The van der Waals surface area contributed by atoms with Crippen LogP contribution in [0.15, 0.2) is 30.6 Å². The molecule has 0 saturated heterocycles. The van der Waals surface area contributed by atoms with Crippen LogP contribution in [0.1, 0.15) is 5.69 Å². The highest BCUT2D eigenvalue weighted by Gasteiger charge is 2.06. The molecule has 0 aliphatic carbocycles. The molecular weight excluding hydrogens is 185 g/mol. The van der Waals surface area contributed by atoms with E-state index >= 15 is 0 Å². The molecule has 0 radical (unpaired) electrons. The third-order valence-corrected chi connectivity index (χ3v) is 1.76. The number of rotatable bonds is 2. The summed E-state index contributed by atoms with van der Waals surface area (Å²) < 4.78 is 14.5. The number of pyridine rings is 1. The van der Waals surface area contributed by atoms with Gasteiger partial charge >= 0.3 is 0 Å². The van der Waals surface area contributed by atoms with Gasteiger partial charge in [0, 0.05) is 12.4 Å². The van der Waals surface area contributed by atoms with Gasteiger partial charge in [-0.2, -0.15) is 5.10 Å². The van der Waals surface area contributed by atoms with Crippen LogP contribution >= 0.6 is 0 Å². The molecule has 0 atom stereocenters. The molecule has 14 heavy (non-hydrogen) atoms. The Balaban J connectivity index is 2.44. The lowest BCUT2D eigenvalue weighted by atomic mass is 10.4. The molecule has 0 bridgehead atoms. The molecule has 2 aromatic heterocycles. The minimum Gasteiger partial charge on any atom is -0.390 e. The molecule has 72 valence electrons. The lowest BCUT2D eigenvalue weighted by Gasteiger charge is -2.00. The van der Waals surface area contributed by atoms with Gasteiger partial charge in [0.25, 0.3) is 0 Å². The van der Waals surface area contributed by atoms with E-state index in [1.165, 1.54) is 23.0 Å². The number of hydrogen-bond donors (Lipinski definition) is 1. The van der Waals surface area contributed by atoms with Gasteiger partial charge in [-0.3, -0.25) is 0 Å². The highest BCUT2D eigenvalue weighted by atomic mass is 19.1. The van der Waals surface area contributed by atoms with Crippen molar-refractivity contribution < 1.29 is 9.50 Å². The maximum Gasteiger partial charge on any atom is 0.189 e. The van der Waals surface area contributed by atoms with Gasteiger partial charge in [0.1, 0.15) is 0 Å². The first-order valence-electron chi connectivity index (χ1n) is 4.07. The van der Waals surface area contributed by atoms with Crippen LogP contribution in [0.5, 0.6) is 0 Å². The minimum absolute atomic E-state index is 0.132. The minimum atomic E-state index is -0.444. The maximum atomic E-state index is 13.2. The van der Waals surface area contributed by atoms with Crippen LogP contribution in [0.2, 0.25) is 0 Å². The van der Waals surface area contributed by atoms with Gasteiger partial charge in [-0.05, 0) is 18.2 Å². The quantitative estimate of drug-likeness (QED) is 0.770. The van der Waals surface area contributed by atoms with Crippen molar-refractivity contribution in [3.8, 4) is 5.82 Å². The van der Waals surface area contributed by atoms with Crippen LogP contribution in [0.4, 0.5) is 4.39 Å². The second kappa shape index (κ2) is 3.55. The fourth-order valence-corrected chi connectivity index (χ4v) is 1.11. The van der Waals surface area contributed by atoms with E-state index in [0.29, 0.717) is 5.69 Å². The average Bonchev–Trinajstić information content (AvgIpc) is 2.67. The molecule has 0 unspecified atom stereocenters. The van der Waals surface area contributed by atoms with Gasteiger partial charge < -0.3 is 5.11 Å². The smallest absolute Gasteiger partial charge is 0.189 e. The number of aliphatic hydroxyl groups is 1. The Morgan fingerprint density at radius 2 is 2.29 bits per heavy atom. The summed E-state index contributed by atoms with van der Waals surface area (Å²) in [7, 11) is 0. The monoisotopic (exact) mass is 193 g/mol.